The van der Waals surface area contributed by atoms with Gasteiger partial charge in [0, 0.05) is 22.0 Å². The van der Waals surface area contributed by atoms with Crippen molar-refractivity contribution in [2.75, 3.05) is 18.1 Å². The maximum Gasteiger partial charge on any atom is 0.262 e. The van der Waals surface area contributed by atoms with E-state index in [1.54, 1.807) is 35.2 Å². The highest BCUT2D eigenvalue weighted by atomic mass is 32.2. The molecule has 0 fully saturated rings. The van der Waals surface area contributed by atoms with Crippen LogP contribution in [0.4, 0.5) is 5.69 Å². The third kappa shape index (κ3) is 5.90. The van der Waals surface area contributed by atoms with E-state index in [9.17, 15) is 18.0 Å². The lowest BCUT2D eigenvalue weighted by Crippen LogP contribution is -2.32. The first-order valence-corrected chi connectivity index (χ1v) is 15.2. The lowest BCUT2D eigenvalue weighted by molar-refractivity contribution is -0.118. The molecule has 0 atom stereocenters. The molecular formula is C32H32N2O6S. The molecule has 0 spiro atoms. The van der Waals surface area contributed by atoms with Gasteiger partial charge >= 0.3 is 0 Å². The van der Waals surface area contributed by atoms with Gasteiger partial charge in [0.2, 0.25) is 15.9 Å². The van der Waals surface area contributed by atoms with Crippen LogP contribution in [0.25, 0.3) is 10.8 Å². The summed E-state index contributed by atoms with van der Waals surface area (Å²) in [6.07, 6.45) is -0.0278. The second-order valence-corrected chi connectivity index (χ2v) is 11.7. The van der Waals surface area contributed by atoms with Gasteiger partial charge in [-0.3, -0.25) is 14.3 Å². The average molecular weight is 573 g/mol. The predicted molar refractivity (Wildman–Crippen MR) is 159 cm³/mol. The number of anilines is 1. The molecule has 4 aromatic rings. The molecule has 0 saturated carbocycles. The van der Waals surface area contributed by atoms with Crippen LogP contribution in [0.15, 0.2) is 72.8 Å². The highest BCUT2D eigenvalue weighted by molar-refractivity contribution is 7.89. The highest BCUT2D eigenvalue weighted by Gasteiger charge is 2.36. The molecule has 9 heteroatoms. The number of carbonyl (C=O) groups is 2. The Kier molecular flexibility index (Phi) is 7.99. The number of benzene rings is 4. The zero-order valence-corrected chi connectivity index (χ0v) is 24.1. The summed E-state index contributed by atoms with van der Waals surface area (Å²) in [7, 11) is -3.91. The summed E-state index contributed by atoms with van der Waals surface area (Å²) in [6, 6.07) is 21.8. The number of carbonyl (C=O) groups excluding carboxylic acids is 2. The molecule has 1 heterocycles. The summed E-state index contributed by atoms with van der Waals surface area (Å²) in [4.78, 5) is 27.8. The molecule has 0 saturated heterocycles. The second kappa shape index (κ2) is 11.6. The minimum absolute atomic E-state index is 0.0278. The van der Waals surface area contributed by atoms with Gasteiger partial charge in [0.05, 0.1) is 37.5 Å². The Morgan fingerprint density at radius 1 is 0.878 bits per heavy atom. The summed E-state index contributed by atoms with van der Waals surface area (Å²) >= 11 is 0. The molecule has 8 nitrogen and oxygen atoms in total. The number of hydrogen-bond acceptors (Lipinski definition) is 6. The molecule has 0 bridgehead atoms. The van der Waals surface area contributed by atoms with Gasteiger partial charge in [-0.15, -0.1) is 0 Å². The van der Waals surface area contributed by atoms with Crippen LogP contribution >= 0.6 is 0 Å². The molecule has 0 radical (unpaired) electrons. The third-order valence-electron chi connectivity index (χ3n) is 6.89. The number of rotatable bonds is 10. The quantitative estimate of drug-likeness (QED) is 0.277. The first kappa shape index (κ1) is 28.2. The number of nitrogens with zero attached hydrogens (tertiary/aromatic N) is 1. The zero-order chi connectivity index (χ0) is 29.1. The monoisotopic (exact) mass is 572 g/mol. The first-order chi connectivity index (χ1) is 19.7. The van der Waals surface area contributed by atoms with Gasteiger partial charge in [0.15, 0.2) is 0 Å². The molecule has 0 aromatic heterocycles. The minimum Gasteiger partial charge on any atom is -0.493 e. The number of ether oxygens (including phenoxy) is 2. The van der Waals surface area contributed by atoms with Crippen LogP contribution in [0, 0.1) is 6.92 Å². The number of hydrogen-bond donors (Lipinski definition) is 1. The second-order valence-electron chi connectivity index (χ2n) is 9.93. The smallest absolute Gasteiger partial charge is 0.262 e. The molecule has 1 N–H and O–H groups in total. The molecule has 41 heavy (non-hydrogen) atoms. The molecule has 212 valence electrons. The van der Waals surface area contributed by atoms with Gasteiger partial charge in [-0.1, -0.05) is 66.2 Å². The van der Waals surface area contributed by atoms with Crippen molar-refractivity contribution in [3.05, 3.63) is 101 Å². The number of amides is 2. The van der Waals surface area contributed by atoms with Crippen LogP contribution in [-0.2, 0) is 33.5 Å². The molecular weight excluding hydrogens is 540 g/mol. The van der Waals surface area contributed by atoms with Crippen LogP contribution < -0.4 is 19.1 Å². The number of nitrogens with one attached hydrogen (secondary N) is 1. The van der Waals surface area contributed by atoms with Crippen molar-refractivity contribution >= 4 is 38.3 Å². The van der Waals surface area contributed by atoms with Gasteiger partial charge in [-0.05, 0) is 44.0 Å². The third-order valence-corrected chi connectivity index (χ3v) is 8.15. The summed E-state index contributed by atoms with van der Waals surface area (Å²) in [5, 5.41) is 1.70. The van der Waals surface area contributed by atoms with E-state index >= 15 is 0 Å². The zero-order valence-electron chi connectivity index (χ0n) is 23.3. The van der Waals surface area contributed by atoms with E-state index in [2.05, 4.69) is 4.72 Å². The van der Waals surface area contributed by atoms with Crippen molar-refractivity contribution in [3.8, 4) is 11.5 Å². The van der Waals surface area contributed by atoms with Crippen LogP contribution in [0.2, 0.25) is 0 Å². The summed E-state index contributed by atoms with van der Waals surface area (Å²) in [6.45, 7) is 6.84. The fraction of sp³-hybridized carbons (Fsp3) is 0.250. The Hall–Kier alpha value is -4.37. The SMILES string of the molecule is CCOc1c2c(c(OCC)c3ccccc13)C(=O)N(c1ccc(CS(=O)(=O)NC(=O)Cc3cccc(C)c3)cc1)C2. The number of aryl methyl sites for hydroxylation is 1. The van der Waals surface area contributed by atoms with Gasteiger partial charge < -0.3 is 14.4 Å². The van der Waals surface area contributed by atoms with E-state index in [1.165, 1.54) is 0 Å². The molecule has 5 rings (SSSR count). The predicted octanol–water partition coefficient (Wildman–Crippen LogP) is 5.29. The van der Waals surface area contributed by atoms with Crippen LogP contribution in [0.3, 0.4) is 0 Å². The molecule has 2 amide bonds. The van der Waals surface area contributed by atoms with E-state index in [0.29, 0.717) is 48.1 Å². The van der Waals surface area contributed by atoms with Crippen molar-refractivity contribution in [3.63, 3.8) is 0 Å². The van der Waals surface area contributed by atoms with Gasteiger partial charge in [0.25, 0.3) is 5.91 Å². The lowest BCUT2D eigenvalue weighted by atomic mass is 9.99. The normalized spacial score (nSPS) is 12.9. The fourth-order valence-electron chi connectivity index (χ4n) is 5.23. The molecule has 0 aliphatic carbocycles. The average Bonchev–Trinajstić information content (AvgIpc) is 3.27. The van der Waals surface area contributed by atoms with E-state index < -0.39 is 15.9 Å². The van der Waals surface area contributed by atoms with Crippen LogP contribution in [0.1, 0.15) is 46.5 Å². The summed E-state index contributed by atoms with van der Waals surface area (Å²) in [5.74, 6) is 0.0453. The van der Waals surface area contributed by atoms with Crippen LogP contribution in [-0.4, -0.2) is 33.4 Å². The van der Waals surface area contributed by atoms with Crippen LogP contribution in [0.5, 0.6) is 11.5 Å². The van der Waals surface area contributed by atoms with E-state index in [4.69, 9.17) is 9.47 Å². The highest BCUT2D eigenvalue weighted by Crippen LogP contribution is 2.46. The minimum atomic E-state index is -3.91. The van der Waals surface area contributed by atoms with Crippen molar-refractivity contribution < 1.29 is 27.5 Å². The molecule has 1 aliphatic heterocycles. The Morgan fingerprint density at radius 3 is 2.20 bits per heavy atom. The van der Waals surface area contributed by atoms with Gasteiger partial charge in [-0.25, -0.2) is 8.42 Å². The van der Waals surface area contributed by atoms with Gasteiger partial charge in [0.1, 0.15) is 11.5 Å². The molecule has 4 aromatic carbocycles. The number of fused-ring (bicyclic) bond motifs is 2. The fourth-order valence-corrected chi connectivity index (χ4v) is 6.35. The van der Waals surface area contributed by atoms with Crippen molar-refractivity contribution in [2.45, 2.75) is 39.5 Å². The van der Waals surface area contributed by atoms with Gasteiger partial charge in [-0.2, -0.15) is 0 Å². The van der Waals surface area contributed by atoms with E-state index in [0.717, 1.165) is 27.5 Å². The topological polar surface area (TPSA) is 102 Å². The number of sulfonamides is 1. The van der Waals surface area contributed by atoms with E-state index in [1.807, 2.05) is 63.2 Å². The Bertz CT molecular complexity index is 1730. The van der Waals surface area contributed by atoms with Crippen molar-refractivity contribution in [1.82, 2.24) is 4.72 Å². The first-order valence-electron chi connectivity index (χ1n) is 13.5. The standard InChI is InChI=1S/C32H32N2O6S/c1-4-39-30-25-11-6-7-12-26(25)31(40-5-2)29-27(30)19-34(32(29)36)24-15-13-22(14-16-24)20-41(37,38)33-28(35)18-23-10-8-9-21(3)17-23/h6-17H,4-5,18-20H2,1-3H3,(H,33,35). The maximum atomic E-state index is 13.7. The lowest BCUT2D eigenvalue weighted by Gasteiger charge is -2.16. The summed E-state index contributed by atoms with van der Waals surface area (Å²) in [5.41, 5.74) is 4.09. The van der Waals surface area contributed by atoms with E-state index in [-0.39, 0.29) is 18.1 Å². The summed E-state index contributed by atoms with van der Waals surface area (Å²) < 4.78 is 39.6. The Balaban J connectivity index is 1.36. The largest absolute Gasteiger partial charge is 0.493 e. The Labute approximate surface area is 239 Å². The van der Waals surface area contributed by atoms with Crippen molar-refractivity contribution in [1.29, 1.82) is 0 Å². The molecule has 0 unspecified atom stereocenters. The maximum absolute atomic E-state index is 13.7. The van der Waals surface area contributed by atoms with Crippen molar-refractivity contribution in [2.24, 2.45) is 0 Å². The molecule has 1 aliphatic rings. The Morgan fingerprint density at radius 2 is 1.54 bits per heavy atom.